The van der Waals surface area contributed by atoms with E-state index in [2.05, 4.69) is 15.2 Å². The largest absolute Gasteiger partial charge is 0.488 e. The molecule has 1 aliphatic heterocycles. The van der Waals surface area contributed by atoms with Crippen LogP contribution in [0.1, 0.15) is 47.2 Å². The average molecular weight is 393 g/mol. The number of carbonyl (C=O) groups excluding carboxylic acids is 1. The number of aromatic nitrogens is 4. The summed E-state index contributed by atoms with van der Waals surface area (Å²) in [7, 11) is 1.84. The Kier molecular flexibility index (Phi) is 4.34. The molecule has 29 heavy (non-hydrogen) atoms. The first kappa shape index (κ1) is 17.9. The van der Waals surface area contributed by atoms with Crippen LogP contribution in [-0.2, 0) is 7.05 Å². The number of nitrogens with zero attached hydrogens (tertiary/aromatic N) is 5. The average Bonchev–Trinajstić information content (AvgIpc) is 3.12. The Morgan fingerprint density at radius 1 is 1.24 bits per heavy atom. The smallest absolute Gasteiger partial charge is 0.274 e. The molecule has 150 valence electrons. The lowest BCUT2D eigenvalue weighted by Gasteiger charge is -2.17. The fourth-order valence-corrected chi connectivity index (χ4v) is 3.61. The van der Waals surface area contributed by atoms with E-state index in [-0.39, 0.29) is 12.0 Å². The second kappa shape index (κ2) is 7.02. The van der Waals surface area contributed by atoms with Crippen molar-refractivity contribution in [3.8, 4) is 17.2 Å². The van der Waals surface area contributed by atoms with Crippen molar-refractivity contribution in [1.29, 1.82) is 0 Å². The van der Waals surface area contributed by atoms with Gasteiger partial charge in [-0.1, -0.05) is 17.3 Å². The summed E-state index contributed by atoms with van der Waals surface area (Å²) in [5.41, 5.74) is 2.22. The zero-order valence-electron chi connectivity index (χ0n) is 16.5. The highest BCUT2D eigenvalue weighted by Crippen LogP contribution is 2.39. The quantitative estimate of drug-likeness (QED) is 0.662. The van der Waals surface area contributed by atoms with E-state index in [9.17, 15) is 4.79 Å². The molecule has 0 bridgehead atoms. The third-order valence-corrected chi connectivity index (χ3v) is 5.56. The maximum absolute atomic E-state index is 12.7. The van der Waals surface area contributed by atoms with E-state index >= 15 is 0 Å². The van der Waals surface area contributed by atoms with E-state index in [4.69, 9.17) is 9.26 Å². The van der Waals surface area contributed by atoms with Crippen molar-refractivity contribution in [3.63, 3.8) is 0 Å². The van der Waals surface area contributed by atoms with Gasteiger partial charge in [0.1, 0.15) is 11.9 Å². The van der Waals surface area contributed by atoms with Crippen LogP contribution in [0.15, 0.2) is 34.9 Å². The molecule has 0 radical (unpaired) electrons. The van der Waals surface area contributed by atoms with Gasteiger partial charge in [-0.15, -0.1) is 0 Å². The molecule has 3 heterocycles. The molecule has 8 nitrogen and oxygen atoms in total. The third-order valence-electron chi connectivity index (χ3n) is 5.56. The fourth-order valence-electron chi connectivity index (χ4n) is 3.61. The van der Waals surface area contributed by atoms with E-state index in [1.165, 1.54) is 0 Å². The number of carbonyl (C=O) groups is 1. The topological polar surface area (TPSA) is 86.3 Å². The SMILES string of the molecule is Cc1cc(C(=O)N2CCC(Oc3ccccc3-c3nc(C4CC4)no3)C2)nn1C. The van der Waals surface area contributed by atoms with Crippen LogP contribution in [0.25, 0.3) is 11.5 Å². The molecule has 1 unspecified atom stereocenters. The van der Waals surface area contributed by atoms with Crippen LogP contribution in [0, 0.1) is 6.92 Å². The summed E-state index contributed by atoms with van der Waals surface area (Å²) >= 11 is 0. The Morgan fingerprint density at radius 2 is 2.07 bits per heavy atom. The number of amides is 1. The molecule has 2 aromatic heterocycles. The third kappa shape index (κ3) is 3.50. The first-order chi connectivity index (χ1) is 14.1. The molecule has 8 heteroatoms. The normalized spacial score (nSPS) is 19.0. The lowest BCUT2D eigenvalue weighted by Crippen LogP contribution is -2.31. The van der Waals surface area contributed by atoms with Gasteiger partial charge in [0, 0.05) is 31.6 Å². The van der Waals surface area contributed by atoms with Crippen molar-refractivity contribution in [2.75, 3.05) is 13.1 Å². The van der Waals surface area contributed by atoms with Crippen LogP contribution in [-0.4, -0.2) is 49.9 Å². The van der Waals surface area contributed by atoms with Gasteiger partial charge in [0.25, 0.3) is 11.8 Å². The van der Waals surface area contributed by atoms with Gasteiger partial charge in [-0.2, -0.15) is 10.1 Å². The van der Waals surface area contributed by atoms with E-state index in [0.717, 1.165) is 36.3 Å². The van der Waals surface area contributed by atoms with Crippen LogP contribution < -0.4 is 4.74 Å². The number of aryl methyl sites for hydroxylation is 2. The Labute approximate surface area is 168 Å². The molecule has 0 spiro atoms. The van der Waals surface area contributed by atoms with E-state index < -0.39 is 0 Å². The van der Waals surface area contributed by atoms with Gasteiger partial charge in [-0.25, -0.2) is 0 Å². The van der Waals surface area contributed by atoms with Crippen molar-refractivity contribution in [2.45, 2.75) is 38.2 Å². The molecule has 2 aliphatic rings. The fraction of sp³-hybridized carbons (Fsp3) is 0.429. The zero-order chi connectivity index (χ0) is 20.0. The van der Waals surface area contributed by atoms with Gasteiger partial charge in [0.05, 0.1) is 12.1 Å². The first-order valence-corrected chi connectivity index (χ1v) is 9.98. The minimum Gasteiger partial charge on any atom is -0.488 e. The molecule has 1 amide bonds. The number of hydrogen-bond donors (Lipinski definition) is 0. The number of para-hydroxylation sites is 1. The minimum absolute atomic E-state index is 0.0564. The molecular formula is C21H23N5O3. The van der Waals surface area contributed by atoms with Gasteiger partial charge in [-0.05, 0) is 38.0 Å². The Balaban J connectivity index is 1.29. The van der Waals surface area contributed by atoms with E-state index in [1.807, 2.05) is 44.3 Å². The second-order valence-electron chi connectivity index (χ2n) is 7.80. The van der Waals surface area contributed by atoms with Crippen molar-refractivity contribution >= 4 is 5.91 Å². The van der Waals surface area contributed by atoms with Crippen molar-refractivity contribution in [2.24, 2.45) is 7.05 Å². The first-order valence-electron chi connectivity index (χ1n) is 9.98. The highest BCUT2D eigenvalue weighted by molar-refractivity contribution is 5.92. The number of likely N-dealkylation sites (tertiary alicyclic amines) is 1. The summed E-state index contributed by atoms with van der Waals surface area (Å²) < 4.78 is 13.4. The summed E-state index contributed by atoms with van der Waals surface area (Å²) in [5.74, 6) is 2.34. The predicted octanol–water partition coefficient (Wildman–Crippen LogP) is 2.95. The highest BCUT2D eigenvalue weighted by Gasteiger charge is 2.31. The molecule has 1 atom stereocenters. The minimum atomic E-state index is -0.0873. The van der Waals surface area contributed by atoms with Gasteiger partial charge in [0.2, 0.25) is 0 Å². The molecule has 1 saturated carbocycles. The molecule has 5 rings (SSSR count). The van der Waals surface area contributed by atoms with Crippen LogP contribution in [0.4, 0.5) is 0 Å². The van der Waals surface area contributed by atoms with Crippen molar-refractivity contribution in [1.82, 2.24) is 24.8 Å². The lowest BCUT2D eigenvalue weighted by atomic mass is 10.2. The Morgan fingerprint density at radius 3 is 2.83 bits per heavy atom. The van der Waals surface area contributed by atoms with Gasteiger partial charge in [0.15, 0.2) is 11.5 Å². The van der Waals surface area contributed by atoms with Gasteiger partial charge in [-0.3, -0.25) is 9.48 Å². The maximum Gasteiger partial charge on any atom is 0.274 e. The van der Waals surface area contributed by atoms with Crippen molar-refractivity contribution in [3.05, 3.63) is 47.5 Å². The zero-order valence-corrected chi connectivity index (χ0v) is 16.5. The number of hydrogen-bond acceptors (Lipinski definition) is 6. The molecule has 1 aromatic carbocycles. The summed E-state index contributed by atoms with van der Waals surface area (Å²) in [4.78, 5) is 19.1. The monoisotopic (exact) mass is 393 g/mol. The van der Waals surface area contributed by atoms with Gasteiger partial charge < -0.3 is 14.2 Å². The molecule has 1 aliphatic carbocycles. The van der Waals surface area contributed by atoms with Crippen LogP contribution >= 0.6 is 0 Å². The van der Waals surface area contributed by atoms with Crippen LogP contribution in [0.2, 0.25) is 0 Å². The second-order valence-corrected chi connectivity index (χ2v) is 7.80. The number of ether oxygens (including phenoxy) is 1. The standard InChI is InChI=1S/C21H23N5O3/c1-13-11-17(23-25(13)2)21(27)26-10-9-15(12-26)28-18-6-4-3-5-16(18)20-22-19(24-29-20)14-7-8-14/h3-6,11,14-15H,7-10,12H2,1-2H3. The summed E-state index contributed by atoms with van der Waals surface area (Å²) in [6.45, 7) is 3.11. The molecule has 2 fully saturated rings. The van der Waals surface area contributed by atoms with E-state index in [0.29, 0.717) is 36.3 Å². The van der Waals surface area contributed by atoms with Gasteiger partial charge >= 0.3 is 0 Å². The Bertz CT molecular complexity index is 1030. The maximum atomic E-state index is 12.7. The molecule has 3 aromatic rings. The summed E-state index contributed by atoms with van der Waals surface area (Å²) in [6.07, 6.45) is 2.93. The summed E-state index contributed by atoms with van der Waals surface area (Å²) in [5, 5.41) is 8.40. The number of rotatable bonds is 5. The molecule has 1 saturated heterocycles. The Hall–Kier alpha value is -3.16. The molecule has 0 N–H and O–H groups in total. The van der Waals surface area contributed by atoms with Crippen LogP contribution in [0.5, 0.6) is 5.75 Å². The lowest BCUT2D eigenvalue weighted by molar-refractivity contribution is 0.0766. The number of benzene rings is 1. The van der Waals surface area contributed by atoms with E-state index in [1.54, 1.807) is 9.58 Å². The molecular weight excluding hydrogens is 370 g/mol. The van der Waals surface area contributed by atoms with Crippen molar-refractivity contribution < 1.29 is 14.1 Å². The highest BCUT2D eigenvalue weighted by atomic mass is 16.5. The van der Waals surface area contributed by atoms with Crippen LogP contribution in [0.3, 0.4) is 0 Å². The summed E-state index contributed by atoms with van der Waals surface area (Å²) in [6, 6.07) is 9.50. The predicted molar refractivity (Wildman–Crippen MR) is 105 cm³/mol.